The topological polar surface area (TPSA) is 20.2 Å². The molecule has 0 saturated heterocycles. The molecule has 0 spiro atoms. The van der Waals surface area contributed by atoms with E-state index in [4.69, 9.17) is 0 Å². The summed E-state index contributed by atoms with van der Waals surface area (Å²) < 4.78 is 14.3. The van der Waals surface area contributed by atoms with Gasteiger partial charge in [0.1, 0.15) is 5.82 Å². The molecule has 1 heterocycles. The maximum absolute atomic E-state index is 13.3. The monoisotopic (exact) mass is 328 g/mol. The summed E-state index contributed by atoms with van der Waals surface area (Å²) in [5.74, 6) is -0.313. The molecule has 0 amide bonds. The Morgan fingerprint density at radius 1 is 1.39 bits per heavy atom. The van der Waals surface area contributed by atoms with Crippen molar-refractivity contribution < 1.29 is 9.50 Å². The van der Waals surface area contributed by atoms with Gasteiger partial charge in [-0.15, -0.1) is 11.3 Å². The Bertz CT molecular complexity index is 540. The molecule has 1 atom stereocenters. The minimum absolute atomic E-state index is 0.313. The summed E-state index contributed by atoms with van der Waals surface area (Å²) in [6.45, 7) is 1.91. The molecule has 1 unspecified atom stereocenters. The van der Waals surface area contributed by atoms with Gasteiger partial charge >= 0.3 is 0 Å². The molecule has 0 aliphatic rings. The standard InChI is InChI=1S/C14H14BrFOS/c1-2-14(17,8-13-7-11(15)9-18-13)10-4-3-5-12(16)6-10/h3-7,9,17H,2,8H2,1H3. The summed E-state index contributed by atoms with van der Waals surface area (Å²) in [5.41, 5.74) is -0.374. The van der Waals surface area contributed by atoms with Crippen molar-refractivity contribution in [1.29, 1.82) is 0 Å². The lowest BCUT2D eigenvalue weighted by atomic mass is 9.87. The van der Waals surface area contributed by atoms with Gasteiger partial charge in [0.15, 0.2) is 0 Å². The number of halogens is 2. The highest BCUT2D eigenvalue weighted by atomic mass is 79.9. The summed E-state index contributed by atoms with van der Waals surface area (Å²) in [4.78, 5) is 1.08. The van der Waals surface area contributed by atoms with Crippen LogP contribution in [-0.4, -0.2) is 5.11 Å². The van der Waals surface area contributed by atoms with E-state index in [2.05, 4.69) is 15.9 Å². The number of benzene rings is 1. The first-order chi connectivity index (χ1) is 8.53. The Balaban J connectivity index is 2.30. The van der Waals surface area contributed by atoms with Crippen LogP contribution in [0, 0.1) is 5.82 Å². The van der Waals surface area contributed by atoms with Crippen LogP contribution in [0.15, 0.2) is 40.2 Å². The highest BCUT2D eigenvalue weighted by Gasteiger charge is 2.28. The summed E-state index contributed by atoms with van der Waals surface area (Å²) in [6.07, 6.45) is 1.05. The Morgan fingerprint density at radius 3 is 2.72 bits per heavy atom. The average molecular weight is 329 g/mol. The Hall–Kier alpha value is -0.710. The van der Waals surface area contributed by atoms with Crippen LogP contribution in [0.2, 0.25) is 0 Å². The third-order valence-electron chi connectivity index (χ3n) is 3.04. The van der Waals surface area contributed by atoms with Gasteiger partial charge in [-0.25, -0.2) is 4.39 Å². The van der Waals surface area contributed by atoms with E-state index in [-0.39, 0.29) is 5.82 Å². The van der Waals surface area contributed by atoms with Crippen molar-refractivity contribution in [3.8, 4) is 0 Å². The number of hydrogen-bond acceptors (Lipinski definition) is 2. The molecule has 1 nitrogen and oxygen atoms in total. The van der Waals surface area contributed by atoms with Crippen molar-refractivity contribution in [1.82, 2.24) is 0 Å². The second-order valence-corrected chi connectivity index (χ2v) is 6.21. The maximum Gasteiger partial charge on any atom is 0.123 e. The predicted octanol–water partition coefficient (Wildman–Crippen LogP) is 4.49. The number of thiophene rings is 1. The first-order valence-corrected chi connectivity index (χ1v) is 7.42. The van der Waals surface area contributed by atoms with Crippen LogP contribution in [0.1, 0.15) is 23.8 Å². The third-order valence-corrected chi connectivity index (χ3v) is 4.73. The zero-order chi connectivity index (χ0) is 13.2. The van der Waals surface area contributed by atoms with Gasteiger partial charge in [0.05, 0.1) is 5.60 Å². The second kappa shape index (κ2) is 5.51. The van der Waals surface area contributed by atoms with Crippen molar-refractivity contribution in [2.75, 3.05) is 0 Å². The minimum Gasteiger partial charge on any atom is -0.385 e. The zero-order valence-corrected chi connectivity index (χ0v) is 12.4. The predicted molar refractivity (Wildman–Crippen MR) is 76.3 cm³/mol. The van der Waals surface area contributed by atoms with Crippen LogP contribution in [0.4, 0.5) is 4.39 Å². The van der Waals surface area contributed by atoms with Crippen molar-refractivity contribution in [3.05, 3.63) is 56.4 Å². The largest absolute Gasteiger partial charge is 0.385 e. The van der Waals surface area contributed by atoms with Crippen LogP contribution in [0.25, 0.3) is 0 Å². The van der Waals surface area contributed by atoms with Crippen LogP contribution >= 0.6 is 27.3 Å². The van der Waals surface area contributed by atoms with Crippen molar-refractivity contribution in [2.24, 2.45) is 0 Å². The van der Waals surface area contributed by atoms with E-state index in [9.17, 15) is 9.50 Å². The second-order valence-electron chi connectivity index (χ2n) is 4.30. The zero-order valence-electron chi connectivity index (χ0n) is 9.99. The molecule has 0 aliphatic heterocycles. The van der Waals surface area contributed by atoms with Crippen molar-refractivity contribution in [2.45, 2.75) is 25.4 Å². The van der Waals surface area contributed by atoms with Gasteiger partial charge in [-0.05, 0) is 46.1 Å². The summed E-state index contributed by atoms with van der Waals surface area (Å²) in [7, 11) is 0. The van der Waals surface area contributed by atoms with E-state index in [0.717, 1.165) is 9.35 Å². The molecule has 0 bridgehead atoms. The van der Waals surface area contributed by atoms with E-state index in [1.54, 1.807) is 23.5 Å². The summed E-state index contributed by atoms with van der Waals surface area (Å²) >= 11 is 4.99. The Morgan fingerprint density at radius 2 is 2.17 bits per heavy atom. The first-order valence-electron chi connectivity index (χ1n) is 5.75. The molecule has 0 saturated carbocycles. The molecule has 18 heavy (non-hydrogen) atoms. The molecular formula is C14H14BrFOS. The molecule has 2 rings (SSSR count). The average Bonchev–Trinajstić information content (AvgIpc) is 2.74. The van der Waals surface area contributed by atoms with Crippen molar-refractivity contribution in [3.63, 3.8) is 0 Å². The van der Waals surface area contributed by atoms with Gasteiger partial charge < -0.3 is 5.11 Å². The van der Waals surface area contributed by atoms with E-state index in [1.807, 2.05) is 18.4 Å². The van der Waals surface area contributed by atoms with Gasteiger partial charge in [-0.2, -0.15) is 0 Å². The summed E-state index contributed by atoms with van der Waals surface area (Å²) in [5, 5.41) is 12.7. The minimum atomic E-state index is -1.01. The quantitative estimate of drug-likeness (QED) is 0.876. The van der Waals surface area contributed by atoms with Gasteiger partial charge in [0.2, 0.25) is 0 Å². The Labute approximate surface area is 118 Å². The fraction of sp³-hybridized carbons (Fsp3) is 0.286. The molecular weight excluding hydrogens is 315 g/mol. The smallest absolute Gasteiger partial charge is 0.123 e. The lowest BCUT2D eigenvalue weighted by Crippen LogP contribution is -2.27. The molecule has 0 fully saturated rings. The van der Waals surface area contributed by atoms with Gasteiger partial charge in [-0.3, -0.25) is 0 Å². The number of hydrogen-bond donors (Lipinski definition) is 1. The highest BCUT2D eigenvalue weighted by Crippen LogP contribution is 2.32. The SMILES string of the molecule is CCC(O)(Cc1cc(Br)cs1)c1cccc(F)c1. The lowest BCUT2D eigenvalue weighted by molar-refractivity contribution is 0.0332. The van der Waals surface area contributed by atoms with Crippen LogP contribution < -0.4 is 0 Å². The lowest BCUT2D eigenvalue weighted by Gasteiger charge is -2.27. The molecule has 2 aromatic rings. The molecule has 1 aromatic heterocycles. The van der Waals surface area contributed by atoms with E-state index >= 15 is 0 Å². The van der Waals surface area contributed by atoms with Crippen LogP contribution in [0.5, 0.6) is 0 Å². The van der Waals surface area contributed by atoms with Gasteiger partial charge in [0, 0.05) is 21.2 Å². The normalized spacial score (nSPS) is 14.4. The molecule has 1 aromatic carbocycles. The fourth-order valence-corrected chi connectivity index (χ4v) is 3.50. The van der Waals surface area contributed by atoms with E-state index in [0.29, 0.717) is 18.4 Å². The number of rotatable bonds is 4. The highest BCUT2D eigenvalue weighted by molar-refractivity contribution is 9.10. The third kappa shape index (κ3) is 2.99. The molecule has 4 heteroatoms. The van der Waals surface area contributed by atoms with E-state index in [1.165, 1.54) is 12.1 Å². The van der Waals surface area contributed by atoms with Gasteiger partial charge in [0.25, 0.3) is 0 Å². The van der Waals surface area contributed by atoms with Crippen LogP contribution in [-0.2, 0) is 12.0 Å². The maximum atomic E-state index is 13.3. The Kier molecular flexibility index (Phi) is 4.20. The molecule has 0 radical (unpaired) electrons. The first kappa shape index (κ1) is 13.7. The fourth-order valence-electron chi connectivity index (χ4n) is 1.94. The van der Waals surface area contributed by atoms with Crippen LogP contribution in [0.3, 0.4) is 0 Å². The molecule has 0 aliphatic carbocycles. The van der Waals surface area contributed by atoms with Crippen molar-refractivity contribution >= 4 is 27.3 Å². The molecule has 96 valence electrons. The number of aliphatic hydroxyl groups is 1. The molecule has 1 N–H and O–H groups in total. The summed E-state index contributed by atoms with van der Waals surface area (Å²) in [6, 6.07) is 8.20. The van der Waals surface area contributed by atoms with Gasteiger partial charge in [-0.1, -0.05) is 19.1 Å². The van der Waals surface area contributed by atoms with E-state index < -0.39 is 5.60 Å².